The van der Waals surface area contributed by atoms with Gasteiger partial charge in [-0.15, -0.1) is 0 Å². The number of hydrogen-bond acceptors (Lipinski definition) is 1. The number of rotatable bonds is 1. The minimum atomic E-state index is -4.35. The van der Waals surface area contributed by atoms with E-state index >= 15 is 0 Å². The molecule has 5 rings (SSSR count). The molecule has 0 radical (unpaired) electrons. The van der Waals surface area contributed by atoms with E-state index < -0.39 is 17.2 Å². The predicted molar refractivity (Wildman–Crippen MR) is 111 cm³/mol. The summed E-state index contributed by atoms with van der Waals surface area (Å²) in [6.45, 7) is 2.10. The highest BCUT2D eigenvalue weighted by Gasteiger charge is 2.40. The van der Waals surface area contributed by atoms with Crippen LogP contribution in [0.4, 0.5) is 24.5 Å². The molecule has 0 saturated heterocycles. The Kier molecular flexibility index (Phi) is 3.75. The number of halogens is 3. The normalized spacial score (nSPS) is 18.1. The second-order valence-electron chi connectivity index (χ2n) is 7.58. The molecule has 0 saturated carbocycles. The van der Waals surface area contributed by atoms with E-state index in [9.17, 15) is 13.2 Å². The van der Waals surface area contributed by atoms with Crippen LogP contribution in [0.3, 0.4) is 0 Å². The van der Waals surface area contributed by atoms with Gasteiger partial charge in [-0.3, -0.25) is 0 Å². The minimum absolute atomic E-state index is 0.595. The van der Waals surface area contributed by atoms with Crippen molar-refractivity contribution in [1.29, 1.82) is 0 Å². The van der Waals surface area contributed by atoms with Gasteiger partial charge in [0.1, 0.15) is 0 Å². The van der Waals surface area contributed by atoms with Gasteiger partial charge in [-0.05, 0) is 58.7 Å². The number of hydrogen-bond donors (Lipinski definition) is 1. The summed E-state index contributed by atoms with van der Waals surface area (Å²) < 4.78 is 39.4. The van der Waals surface area contributed by atoms with Crippen molar-refractivity contribution in [3.8, 4) is 0 Å². The van der Waals surface area contributed by atoms with Gasteiger partial charge in [0.25, 0.3) is 0 Å². The molecule has 1 atom stereocenters. The Hall–Kier alpha value is -3.27. The van der Waals surface area contributed by atoms with Crippen LogP contribution in [0.25, 0.3) is 10.8 Å². The highest BCUT2D eigenvalue weighted by Crippen LogP contribution is 2.51. The van der Waals surface area contributed by atoms with E-state index in [2.05, 4.69) is 36.5 Å². The summed E-state index contributed by atoms with van der Waals surface area (Å²) >= 11 is 0. The van der Waals surface area contributed by atoms with E-state index in [1.807, 2.05) is 36.4 Å². The molecule has 29 heavy (non-hydrogen) atoms. The Morgan fingerprint density at radius 1 is 0.724 bits per heavy atom. The molecular weight excluding hydrogens is 371 g/mol. The second kappa shape index (κ2) is 6.11. The lowest BCUT2D eigenvalue weighted by Crippen LogP contribution is -2.31. The highest BCUT2D eigenvalue weighted by atomic mass is 19.4. The first-order valence-electron chi connectivity index (χ1n) is 9.45. The molecule has 0 fully saturated rings. The van der Waals surface area contributed by atoms with Crippen LogP contribution in [-0.4, -0.2) is 0 Å². The Labute approximate surface area is 166 Å². The zero-order valence-corrected chi connectivity index (χ0v) is 15.7. The van der Waals surface area contributed by atoms with Gasteiger partial charge in [0.05, 0.1) is 5.56 Å². The van der Waals surface area contributed by atoms with E-state index in [1.165, 1.54) is 12.1 Å². The van der Waals surface area contributed by atoms with Gasteiger partial charge in [-0.25, -0.2) is 0 Å². The van der Waals surface area contributed by atoms with Gasteiger partial charge < -0.3 is 5.32 Å². The van der Waals surface area contributed by atoms with E-state index in [0.717, 1.165) is 38.8 Å². The average molecular weight is 389 g/mol. The zero-order valence-electron chi connectivity index (χ0n) is 15.7. The van der Waals surface area contributed by atoms with Gasteiger partial charge in [-0.2, -0.15) is 13.2 Å². The molecule has 1 nitrogen and oxygen atoms in total. The van der Waals surface area contributed by atoms with E-state index in [1.54, 1.807) is 12.1 Å². The van der Waals surface area contributed by atoms with Crippen molar-refractivity contribution in [1.82, 2.24) is 0 Å². The summed E-state index contributed by atoms with van der Waals surface area (Å²) in [5, 5.41) is 5.71. The summed E-state index contributed by atoms with van der Waals surface area (Å²) in [5.41, 5.74) is 3.67. The first-order chi connectivity index (χ1) is 13.9. The summed E-state index contributed by atoms with van der Waals surface area (Å²) in [7, 11) is 0. The molecule has 0 amide bonds. The summed E-state index contributed by atoms with van der Waals surface area (Å²) in [6, 6.07) is 25.8. The molecular formula is C25H18F3N. The molecule has 4 aromatic rings. The number of alkyl halides is 3. The second-order valence-corrected chi connectivity index (χ2v) is 7.58. The lowest BCUT2D eigenvalue weighted by atomic mass is 9.67. The van der Waals surface area contributed by atoms with Crippen LogP contribution in [0, 0.1) is 0 Å². The zero-order chi connectivity index (χ0) is 20.2. The maximum atomic E-state index is 13.1. The first-order valence-corrected chi connectivity index (χ1v) is 9.45. The lowest BCUT2D eigenvalue weighted by Gasteiger charge is -2.40. The van der Waals surface area contributed by atoms with Crippen LogP contribution >= 0.6 is 0 Å². The Bertz CT molecular complexity index is 1230. The fourth-order valence-corrected chi connectivity index (χ4v) is 4.51. The van der Waals surface area contributed by atoms with Crippen molar-refractivity contribution < 1.29 is 13.2 Å². The van der Waals surface area contributed by atoms with Crippen LogP contribution < -0.4 is 5.32 Å². The molecule has 0 bridgehead atoms. The molecule has 0 spiro atoms. The third-order valence-electron chi connectivity index (χ3n) is 5.95. The third-order valence-corrected chi connectivity index (χ3v) is 5.95. The van der Waals surface area contributed by atoms with Crippen LogP contribution in [0.2, 0.25) is 0 Å². The summed E-state index contributed by atoms with van der Waals surface area (Å²) in [5.74, 6) is 0. The van der Waals surface area contributed by atoms with Crippen molar-refractivity contribution in [2.45, 2.75) is 18.5 Å². The first kappa shape index (κ1) is 17.8. The molecule has 1 heterocycles. The SMILES string of the molecule is CC1(c2ccc(C(F)(F)F)cc2)c2ccccc2Nc2ccc3ccccc3c21. The maximum absolute atomic E-state index is 13.1. The highest BCUT2D eigenvalue weighted by molar-refractivity contribution is 5.96. The molecule has 1 aliphatic rings. The third kappa shape index (κ3) is 2.63. The smallest absolute Gasteiger partial charge is 0.355 e. The minimum Gasteiger partial charge on any atom is -0.355 e. The Morgan fingerprint density at radius 2 is 1.41 bits per heavy atom. The quantitative estimate of drug-likeness (QED) is 0.361. The Balaban J connectivity index is 1.83. The number of anilines is 2. The fourth-order valence-electron chi connectivity index (χ4n) is 4.51. The van der Waals surface area contributed by atoms with Gasteiger partial charge in [0, 0.05) is 16.8 Å². The van der Waals surface area contributed by atoms with E-state index in [4.69, 9.17) is 0 Å². The molecule has 4 aromatic carbocycles. The molecule has 144 valence electrons. The standard InChI is InChI=1S/C25H18F3N/c1-24(17-11-13-18(14-12-17)25(26,27)28)20-8-4-5-9-21(20)29-22-15-10-16-6-2-3-7-19(16)23(22)24/h2-15,29H,1H3. The number of benzene rings is 4. The molecule has 1 N–H and O–H groups in total. The largest absolute Gasteiger partial charge is 0.416 e. The van der Waals surface area contributed by atoms with Crippen molar-refractivity contribution in [3.63, 3.8) is 0 Å². The van der Waals surface area contributed by atoms with Crippen molar-refractivity contribution >= 4 is 22.1 Å². The van der Waals surface area contributed by atoms with Crippen LogP contribution in [0.5, 0.6) is 0 Å². The monoisotopic (exact) mass is 389 g/mol. The van der Waals surface area contributed by atoms with Crippen LogP contribution in [-0.2, 0) is 11.6 Å². The molecule has 0 aromatic heterocycles. The molecule has 4 heteroatoms. The molecule has 1 unspecified atom stereocenters. The van der Waals surface area contributed by atoms with Crippen molar-refractivity contribution in [3.05, 3.63) is 107 Å². The van der Waals surface area contributed by atoms with E-state index in [0.29, 0.717) is 0 Å². The summed E-state index contributed by atoms with van der Waals surface area (Å²) in [4.78, 5) is 0. The maximum Gasteiger partial charge on any atom is 0.416 e. The fraction of sp³-hybridized carbons (Fsp3) is 0.120. The number of nitrogens with one attached hydrogen (secondary N) is 1. The van der Waals surface area contributed by atoms with Crippen molar-refractivity contribution in [2.75, 3.05) is 5.32 Å². The number of fused-ring (bicyclic) bond motifs is 4. The Morgan fingerprint density at radius 3 is 2.17 bits per heavy atom. The van der Waals surface area contributed by atoms with Gasteiger partial charge in [0.2, 0.25) is 0 Å². The van der Waals surface area contributed by atoms with Gasteiger partial charge in [0.15, 0.2) is 0 Å². The van der Waals surface area contributed by atoms with Gasteiger partial charge in [-0.1, -0.05) is 60.7 Å². The molecule has 1 aliphatic heterocycles. The lowest BCUT2D eigenvalue weighted by molar-refractivity contribution is -0.137. The summed E-state index contributed by atoms with van der Waals surface area (Å²) in [6.07, 6.45) is -4.35. The number of para-hydroxylation sites is 1. The van der Waals surface area contributed by atoms with E-state index in [-0.39, 0.29) is 0 Å². The average Bonchev–Trinajstić information content (AvgIpc) is 2.73. The van der Waals surface area contributed by atoms with Crippen LogP contribution in [0.1, 0.15) is 29.2 Å². The predicted octanol–water partition coefficient (Wildman–Crippen LogP) is 7.27. The van der Waals surface area contributed by atoms with Crippen LogP contribution in [0.15, 0.2) is 84.9 Å². The molecule has 0 aliphatic carbocycles. The van der Waals surface area contributed by atoms with Crippen molar-refractivity contribution in [2.24, 2.45) is 0 Å². The van der Waals surface area contributed by atoms with Gasteiger partial charge >= 0.3 is 6.18 Å². The topological polar surface area (TPSA) is 12.0 Å².